The van der Waals surface area contributed by atoms with Crippen molar-refractivity contribution in [3.63, 3.8) is 0 Å². The highest BCUT2D eigenvalue weighted by Crippen LogP contribution is 2.46. The van der Waals surface area contributed by atoms with Crippen LogP contribution in [0.1, 0.15) is 61.5 Å². The van der Waals surface area contributed by atoms with Crippen LogP contribution in [0.2, 0.25) is 0 Å². The molecule has 4 aliphatic rings. The zero-order chi connectivity index (χ0) is 14.8. The third-order valence-electron chi connectivity index (χ3n) is 5.72. The van der Waals surface area contributed by atoms with E-state index in [2.05, 4.69) is 34.8 Å². The van der Waals surface area contributed by atoms with Gasteiger partial charge < -0.3 is 9.47 Å². The molecular weight excluding hydrogens is 290 g/mol. The van der Waals surface area contributed by atoms with Crippen molar-refractivity contribution < 1.29 is 0 Å². The third kappa shape index (κ3) is 1.79. The molecule has 2 fully saturated rings. The molecular formula is C18H23N3S. The van der Waals surface area contributed by atoms with Crippen molar-refractivity contribution in [2.24, 2.45) is 4.99 Å². The zero-order valence-electron chi connectivity index (χ0n) is 13.4. The quantitative estimate of drug-likeness (QED) is 0.803. The number of aromatic nitrogens is 1. The lowest BCUT2D eigenvalue weighted by Crippen LogP contribution is -2.38. The van der Waals surface area contributed by atoms with Crippen molar-refractivity contribution in [3.8, 4) is 0 Å². The molecule has 4 heteroatoms. The first-order chi connectivity index (χ1) is 10.7. The molecule has 0 N–H and O–H groups in total. The summed E-state index contributed by atoms with van der Waals surface area (Å²) in [5.41, 5.74) is 5.73. The molecule has 0 aromatic carbocycles. The first kappa shape index (κ1) is 13.3. The van der Waals surface area contributed by atoms with Gasteiger partial charge in [0.1, 0.15) is 0 Å². The van der Waals surface area contributed by atoms with E-state index in [9.17, 15) is 0 Å². The lowest BCUT2D eigenvalue weighted by atomic mass is 9.90. The molecule has 2 aliphatic carbocycles. The average molecular weight is 313 g/mol. The van der Waals surface area contributed by atoms with E-state index in [4.69, 9.17) is 4.99 Å². The normalized spacial score (nSPS) is 30.2. The van der Waals surface area contributed by atoms with Crippen molar-refractivity contribution in [1.82, 2.24) is 9.47 Å². The molecule has 22 heavy (non-hydrogen) atoms. The Balaban J connectivity index is 1.54. The van der Waals surface area contributed by atoms with Gasteiger partial charge in [0.25, 0.3) is 0 Å². The van der Waals surface area contributed by atoms with Crippen LogP contribution in [-0.4, -0.2) is 26.7 Å². The second-order valence-electron chi connectivity index (χ2n) is 7.21. The predicted molar refractivity (Wildman–Crippen MR) is 93.1 cm³/mol. The highest BCUT2D eigenvalue weighted by Gasteiger charge is 2.43. The third-order valence-corrected chi connectivity index (χ3v) is 6.57. The summed E-state index contributed by atoms with van der Waals surface area (Å²) in [5.74, 6) is 0. The largest absolute Gasteiger partial charge is 0.345 e. The maximum absolute atomic E-state index is 5.00. The van der Waals surface area contributed by atoms with Crippen LogP contribution >= 0.6 is 11.8 Å². The molecule has 0 saturated heterocycles. The van der Waals surface area contributed by atoms with Gasteiger partial charge in [-0.25, -0.2) is 0 Å². The Labute approximate surface area is 136 Å². The summed E-state index contributed by atoms with van der Waals surface area (Å²) < 4.78 is 2.56. The number of hydrogen-bond acceptors (Lipinski definition) is 3. The fraction of sp³-hybridized carbons (Fsp3) is 0.611. The van der Waals surface area contributed by atoms with Crippen LogP contribution in [0, 0.1) is 13.8 Å². The minimum Gasteiger partial charge on any atom is -0.345 e. The Morgan fingerprint density at radius 2 is 1.95 bits per heavy atom. The minimum atomic E-state index is 0.548. The van der Waals surface area contributed by atoms with Gasteiger partial charge in [0.15, 0.2) is 5.17 Å². The first-order valence-corrected chi connectivity index (χ1v) is 9.54. The van der Waals surface area contributed by atoms with E-state index in [-0.39, 0.29) is 0 Å². The summed E-state index contributed by atoms with van der Waals surface area (Å²) in [6.45, 7) is 4.57. The summed E-state index contributed by atoms with van der Waals surface area (Å²) in [7, 11) is 0. The van der Waals surface area contributed by atoms with Gasteiger partial charge in [-0.15, -0.1) is 0 Å². The van der Waals surface area contributed by atoms with E-state index in [1.54, 1.807) is 0 Å². The van der Waals surface area contributed by atoms with E-state index in [1.807, 2.05) is 11.8 Å². The lowest BCUT2D eigenvalue weighted by molar-refractivity contribution is 0.305. The van der Waals surface area contributed by atoms with Gasteiger partial charge in [0.05, 0.1) is 17.8 Å². The molecule has 0 unspecified atom stereocenters. The van der Waals surface area contributed by atoms with Gasteiger partial charge in [0.2, 0.25) is 0 Å². The van der Waals surface area contributed by atoms with Crippen LogP contribution in [0.25, 0.3) is 5.70 Å². The van der Waals surface area contributed by atoms with Crippen molar-refractivity contribution >= 4 is 22.6 Å². The molecule has 5 rings (SSSR count). The second kappa shape index (κ2) is 4.67. The van der Waals surface area contributed by atoms with Gasteiger partial charge >= 0.3 is 0 Å². The number of aryl methyl sites for hydroxylation is 1. The summed E-state index contributed by atoms with van der Waals surface area (Å²) in [6.07, 6.45) is 8.00. The Kier molecular flexibility index (Phi) is 2.82. The highest BCUT2D eigenvalue weighted by atomic mass is 32.2. The summed E-state index contributed by atoms with van der Waals surface area (Å²) >= 11 is 1.83. The van der Waals surface area contributed by atoms with Gasteiger partial charge in [-0.2, -0.15) is 0 Å². The number of rotatable bonds is 2. The molecule has 2 atom stereocenters. The summed E-state index contributed by atoms with van der Waals surface area (Å²) in [6, 6.07) is 4.33. The van der Waals surface area contributed by atoms with Gasteiger partial charge in [0, 0.05) is 28.4 Å². The van der Waals surface area contributed by atoms with Gasteiger partial charge in [-0.1, -0.05) is 24.6 Å². The molecule has 2 aliphatic heterocycles. The van der Waals surface area contributed by atoms with E-state index in [0.717, 1.165) is 6.04 Å². The van der Waals surface area contributed by atoms with Crippen molar-refractivity contribution in [2.45, 2.75) is 70.5 Å². The van der Waals surface area contributed by atoms with Crippen LogP contribution in [-0.2, 0) is 0 Å². The average Bonchev–Trinajstić information content (AvgIpc) is 3.04. The fourth-order valence-electron chi connectivity index (χ4n) is 4.55. The van der Waals surface area contributed by atoms with Crippen molar-refractivity contribution in [3.05, 3.63) is 28.4 Å². The van der Waals surface area contributed by atoms with Crippen molar-refractivity contribution in [1.29, 1.82) is 0 Å². The smallest absolute Gasteiger partial charge is 0.168 e. The maximum atomic E-state index is 5.00. The Morgan fingerprint density at radius 3 is 2.77 bits per heavy atom. The van der Waals surface area contributed by atoms with E-state index in [1.165, 1.54) is 66.3 Å². The van der Waals surface area contributed by atoms with Crippen LogP contribution in [0.3, 0.4) is 0 Å². The Morgan fingerprint density at radius 1 is 1.14 bits per heavy atom. The molecule has 0 bridgehead atoms. The van der Waals surface area contributed by atoms with Crippen LogP contribution in [0.15, 0.2) is 16.5 Å². The van der Waals surface area contributed by atoms with Crippen LogP contribution in [0.4, 0.5) is 0 Å². The zero-order valence-corrected chi connectivity index (χ0v) is 14.2. The second-order valence-corrected chi connectivity index (χ2v) is 8.04. The molecule has 3 nitrogen and oxygen atoms in total. The predicted octanol–water partition coefficient (Wildman–Crippen LogP) is 4.47. The van der Waals surface area contributed by atoms with Gasteiger partial charge in [-0.3, -0.25) is 4.99 Å². The lowest BCUT2D eigenvalue weighted by Gasteiger charge is -2.32. The van der Waals surface area contributed by atoms with Crippen LogP contribution < -0.4 is 0 Å². The molecule has 116 valence electrons. The van der Waals surface area contributed by atoms with Crippen LogP contribution in [0.5, 0.6) is 0 Å². The molecule has 0 radical (unpaired) electrons. The Hall–Kier alpha value is -1.16. The van der Waals surface area contributed by atoms with E-state index in [0.29, 0.717) is 12.1 Å². The van der Waals surface area contributed by atoms with Crippen molar-refractivity contribution in [2.75, 3.05) is 0 Å². The fourth-order valence-corrected chi connectivity index (χ4v) is 5.55. The number of thioether (sulfide) groups is 1. The number of hydrogen-bond donors (Lipinski definition) is 0. The minimum absolute atomic E-state index is 0.548. The Bertz CT molecular complexity index is 695. The number of amidine groups is 1. The summed E-state index contributed by atoms with van der Waals surface area (Å²) in [5, 5.41) is 3.59. The first-order valence-electron chi connectivity index (χ1n) is 8.66. The number of fused-ring (bicyclic) bond motifs is 3. The maximum Gasteiger partial charge on any atom is 0.168 e. The summed E-state index contributed by atoms with van der Waals surface area (Å²) in [4.78, 5) is 7.56. The highest BCUT2D eigenvalue weighted by molar-refractivity contribution is 8.16. The monoisotopic (exact) mass is 313 g/mol. The van der Waals surface area contributed by atoms with E-state index < -0.39 is 0 Å². The van der Waals surface area contributed by atoms with E-state index >= 15 is 0 Å². The number of nitrogens with zero attached hydrogens (tertiary/aromatic N) is 3. The molecule has 0 amide bonds. The molecule has 0 spiro atoms. The molecule has 1 aromatic rings. The standard InChI is InChI=1S/C18H23N3S/c1-11-9-14(12(2)20(11)13-7-8-13)17-10-22-18-19-15-5-3-4-6-16(15)21(17)18/h9-10,13,15-16H,3-8H2,1-2H3/t15-,16-/m1/s1. The number of aliphatic imine (C=N–C) groups is 1. The molecule has 2 saturated carbocycles. The molecule has 1 aromatic heterocycles. The molecule has 3 heterocycles. The topological polar surface area (TPSA) is 20.5 Å². The van der Waals surface area contributed by atoms with Gasteiger partial charge in [-0.05, 0) is 45.6 Å². The SMILES string of the molecule is Cc1cc(C2=CSC3=N[C@@H]4CCCC[C@H]4N23)c(C)n1C1CC1.